The molecule has 23 heavy (non-hydrogen) atoms. The predicted octanol–water partition coefficient (Wildman–Crippen LogP) is 2.66. The summed E-state index contributed by atoms with van der Waals surface area (Å²) in [5.74, 6) is -2.06. The van der Waals surface area contributed by atoms with Gasteiger partial charge >= 0.3 is 0 Å². The first-order valence-electron chi connectivity index (χ1n) is 7.74. The number of piperidine rings is 1. The van der Waals surface area contributed by atoms with Gasteiger partial charge in [-0.1, -0.05) is 6.08 Å². The Balaban J connectivity index is 1.75. The number of allylic oxidation sites excluding steroid dienone is 1. The van der Waals surface area contributed by atoms with Gasteiger partial charge in [-0.15, -0.1) is 0 Å². The second-order valence-electron chi connectivity index (χ2n) is 6.15. The van der Waals surface area contributed by atoms with Crippen LogP contribution in [0.1, 0.15) is 42.5 Å². The molecule has 4 nitrogen and oxygen atoms in total. The van der Waals surface area contributed by atoms with Crippen LogP contribution in [0, 0.1) is 17.0 Å². The number of hydrogen-bond donors (Lipinski definition) is 2. The van der Waals surface area contributed by atoms with Crippen LogP contribution in [0.5, 0.6) is 0 Å². The van der Waals surface area contributed by atoms with Crippen molar-refractivity contribution >= 4 is 11.8 Å². The first kappa shape index (κ1) is 15.6. The summed E-state index contributed by atoms with van der Waals surface area (Å²) >= 11 is 0. The maximum Gasteiger partial charge on any atom is 0.254 e. The van der Waals surface area contributed by atoms with Crippen LogP contribution in [0.25, 0.3) is 0 Å². The third-order valence-electron chi connectivity index (χ3n) is 4.64. The molecular formula is C17H18F2N2O2. The molecule has 122 valence electrons. The van der Waals surface area contributed by atoms with E-state index < -0.39 is 17.5 Å². The molecule has 1 fully saturated rings. The van der Waals surface area contributed by atoms with Crippen LogP contribution in [0.4, 0.5) is 8.78 Å². The summed E-state index contributed by atoms with van der Waals surface area (Å²) in [5.41, 5.74) is 0.230. The van der Waals surface area contributed by atoms with Gasteiger partial charge in [0.15, 0.2) is 0 Å². The Bertz CT molecular complexity index is 687. The second kappa shape index (κ2) is 6.10. The van der Waals surface area contributed by atoms with E-state index in [0.29, 0.717) is 19.4 Å². The van der Waals surface area contributed by atoms with E-state index >= 15 is 0 Å². The number of benzene rings is 1. The molecule has 1 aliphatic heterocycles. The van der Waals surface area contributed by atoms with Crippen molar-refractivity contribution < 1.29 is 18.4 Å². The quantitative estimate of drug-likeness (QED) is 0.899. The van der Waals surface area contributed by atoms with E-state index in [2.05, 4.69) is 10.6 Å². The first-order chi connectivity index (χ1) is 11.0. The molecule has 2 aliphatic rings. The zero-order valence-corrected chi connectivity index (χ0v) is 12.6. The Labute approximate surface area is 132 Å². The fourth-order valence-electron chi connectivity index (χ4n) is 3.34. The zero-order valence-electron chi connectivity index (χ0n) is 12.6. The van der Waals surface area contributed by atoms with E-state index in [4.69, 9.17) is 0 Å². The molecule has 1 atom stereocenters. The van der Waals surface area contributed by atoms with Crippen LogP contribution in [0.2, 0.25) is 0 Å². The number of amides is 2. The van der Waals surface area contributed by atoms with E-state index in [9.17, 15) is 18.4 Å². The van der Waals surface area contributed by atoms with Gasteiger partial charge in [0.05, 0.1) is 5.56 Å². The summed E-state index contributed by atoms with van der Waals surface area (Å²) in [5, 5.41) is 5.58. The van der Waals surface area contributed by atoms with Crippen LogP contribution in [-0.2, 0) is 4.79 Å². The van der Waals surface area contributed by atoms with Crippen LogP contribution in [0.3, 0.4) is 0 Å². The van der Waals surface area contributed by atoms with Crippen molar-refractivity contribution in [1.29, 1.82) is 0 Å². The monoisotopic (exact) mass is 320 g/mol. The van der Waals surface area contributed by atoms with Crippen molar-refractivity contribution in [2.75, 3.05) is 6.54 Å². The molecule has 0 saturated carbocycles. The highest BCUT2D eigenvalue weighted by molar-refractivity contribution is 5.94. The average molecular weight is 320 g/mol. The number of rotatable bonds is 3. The normalized spacial score (nSPS) is 23.6. The van der Waals surface area contributed by atoms with Crippen molar-refractivity contribution in [1.82, 2.24) is 10.6 Å². The van der Waals surface area contributed by atoms with Crippen LogP contribution in [-0.4, -0.2) is 18.4 Å². The minimum Gasteiger partial charge on any atom is -0.351 e. The minimum atomic E-state index is -0.752. The summed E-state index contributed by atoms with van der Waals surface area (Å²) in [4.78, 5) is 23.7. The molecule has 3 rings (SSSR count). The van der Waals surface area contributed by atoms with E-state index in [-0.39, 0.29) is 16.9 Å². The molecule has 1 aromatic carbocycles. The lowest BCUT2D eigenvalue weighted by Gasteiger charge is -2.42. The van der Waals surface area contributed by atoms with Crippen molar-refractivity contribution in [3.63, 3.8) is 0 Å². The van der Waals surface area contributed by atoms with Gasteiger partial charge in [0.25, 0.3) is 5.91 Å². The largest absolute Gasteiger partial charge is 0.351 e. The maximum absolute atomic E-state index is 13.7. The average Bonchev–Trinajstić information content (AvgIpc) is 2.55. The molecule has 2 amide bonds. The number of carbonyl (C=O) groups excluding carboxylic acids is 2. The Morgan fingerprint density at radius 2 is 2.13 bits per heavy atom. The zero-order chi connectivity index (χ0) is 16.4. The fourth-order valence-corrected chi connectivity index (χ4v) is 3.34. The molecule has 1 heterocycles. The Morgan fingerprint density at radius 1 is 1.30 bits per heavy atom. The third-order valence-corrected chi connectivity index (χ3v) is 4.64. The number of nitrogens with one attached hydrogen (secondary N) is 2. The molecule has 1 saturated heterocycles. The van der Waals surface area contributed by atoms with Gasteiger partial charge in [-0.05, 0) is 43.9 Å². The van der Waals surface area contributed by atoms with E-state index in [0.717, 1.165) is 43.2 Å². The standard InChI is InChI=1S/C17H18F2N2O2/c18-11-4-5-13(19)12(9-11)16(23)20-10-17-7-2-1-3-14(17)21-15(22)6-8-17/h3-5,9H,1-2,6-8,10H2,(H,20,23)(H,21,22). The molecule has 0 radical (unpaired) electrons. The topological polar surface area (TPSA) is 58.2 Å². The molecule has 0 aromatic heterocycles. The van der Waals surface area contributed by atoms with Gasteiger partial charge in [-0.2, -0.15) is 0 Å². The third kappa shape index (κ3) is 3.11. The number of hydrogen-bond acceptors (Lipinski definition) is 2. The van der Waals surface area contributed by atoms with Crippen molar-refractivity contribution in [3.05, 3.63) is 47.2 Å². The van der Waals surface area contributed by atoms with E-state index in [1.165, 1.54) is 0 Å². The number of halogens is 2. The van der Waals surface area contributed by atoms with Gasteiger partial charge in [0.2, 0.25) is 5.91 Å². The molecule has 2 N–H and O–H groups in total. The highest BCUT2D eigenvalue weighted by Gasteiger charge is 2.40. The molecular weight excluding hydrogens is 302 g/mol. The lowest BCUT2D eigenvalue weighted by molar-refractivity contribution is -0.122. The molecule has 1 aromatic rings. The van der Waals surface area contributed by atoms with E-state index in [1.807, 2.05) is 6.08 Å². The van der Waals surface area contributed by atoms with Gasteiger partial charge in [0, 0.05) is 24.1 Å². The second-order valence-corrected chi connectivity index (χ2v) is 6.15. The number of fused-ring (bicyclic) bond motifs is 1. The Kier molecular flexibility index (Phi) is 4.15. The van der Waals surface area contributed by atoms with Gasteiger partial charge < -0.3 is 10.6 Å². The van der Waals surface area contributed by atoms with Crippen LogP contribution >= 0.6 is 0 Å². The maximum atomic E-state index is 13.7. The lowest BCUT2D eigenvalue weighted by Crippen LogP contribution is -2.48. The fraction of sp³-hybridized carbons (Fsp3) is 0.412. The van der Waals surface area contributed by atoms with Gasteiger partial charge in [-0.3, -0.25) is 9.59 Å². The molecule has 0 spiro atoms. The summed E-state index contributed by atoms with van der Waals surface area (Å²) in [6, 6.07) is 2.81. The summed E-state index contributed by atoms with van der Waals surface area (Å²) in [6.45, 7) is 0.300. The number of carbonyl (C=O) groups is 2. The highest BCUT2D eigenvalue weighted by atomic mass is 19.1. The predicted molar refractivity (Wildman–Crippen MR) is 80.4 cm³/mol. The van der Waals surface area contributed by atoms with Crippen molar-refractivity contribution in [2.45, 2.75) is 32.1 Å². The first-order valence-corrected chi connectivity index (χ1v) is 7.74. The molecule has 0 bridgehead atoms. The highest BCUT2D eigenvalue weighted by Crippen LogP contribution is 2.42. The van der Waals surface area contributed by atoms with Gasteiger partial charge in [0.1, 0.15) is 11.6 Å². The van der Waals surface area contributed by atoms with Crippen molar-refractivity contribution in [2.24, 2.45) is 5.41 Å². The van der Waals surface area contributed by atoms with Gasteiger partial charge in [-0.25, -0.2) is 8.78 Å². The molecule has 1 aliphatic carbocycles. The summed E-state index contributed by atoms with van der Waals surface area (Å²) in [7, 11) is 0. The van der Waals surface area contributed by atoms with Crippen LogP contribution < -0.4 is 10.6 Å². The SMILES string of the molecule is O=C1CCC2(CNC(=O)c3cc(F)ccc3F)CCCC=C2N1. The minimum absolute atomic E-state index is 0.0173. The molecule has 6 heteroatoms. The summed E-state index contributed by atoms with van der Waals surface area (Å²) in [6.07, 6.45) is 5.77. The van der Waals surface area contributed by atoms with Crippen molar-refractivity contribution in [3.8, 4) is 0 Å². The lowest BCUT2D eigenvalue weighted by atomic mass is 9.70. The Morgan fingerprint density at radius 3 is 2.96 bits per heavy atom. The van der Waals surface area contributed by atoms with E-state index in [1.54, 1.807) is 0 Å². The summed E-state index contributed by atoms with van der Waals surface area (Å²) < 4.78 is 26.9. The molecule has 1 unspecified atom stereocenters. The van der Waals surface area contributed by atoms with Crippen LogP contribution in [0.15, 0.2) is 30.0 Å². The smallest absolute Gasteiger partial charge is 0.254 e. The Hall–Kier alpha value is -2.24.